The highest BCUT2D eigenvalue weighted by Gasteiger charge is 2.38. The molecule has 35 heavy (non-hydrogen) atoms. The Morgan fingerprint density at radius 1 is 1.26 bits per heavy atom. The molecule has 4 rings (SSSR count). The summed E-state index contributed by atoms with van der Waals surface area (Å²) >= 11 is 7.29. The molecule has 8 nitrogen and oxygen atoms in total. The summed E-state index contributed by atoms with van der Waals surface area (Å²) in [6.07, 6.45) is 1.72. The normalized spacial score (nSPS) is 21.0. The number of carbonyl (C=O) groups is 2. The Morgan fingerprint density at radius 2 is 2.03 bits per heavy atom. The Balaban J connectivity index is 1.36. The van der Waals surface area contributed by atoms with Crippen LogP contribution in [-0.2, 0) is 30.9 Å². The van der Waals surface area contributed by atoms with E-state index in [-0.39, 0.29) is 23.9 Å². The predicted molar refractivity (Wildman–Crippen MR) is 136 cm³/mol. The van der Waals surface area contributed by atoms with Crippen molar-refractivity contribution in [2.45, 2.75) is 31.5 Å². The lowest BCUT2D eigenvalue weighted by Gasteiger charge is -2.38. The number of sulfonamides is 1. The van der Waals surface area contributed by atoms with E-state index in [4.69, 9.17) is 16.3 Å². The second-order valence-electron chi connectivity index (χ2n) is 8.76. The van der Waals surface area contributed by atoms with E-state index < -0.39 is 28.1 Å². The van der Waals surface area contributed by atoms with Crippen molar-refractivity contribution >= 4 is 45.2 Å². The van der Waals surface area contributed by atoms with E-state index in [1.807, 2.05) is 30.3 Å². The van der Waals surface area contributed by atoms with Crippen LogP contribution in [0.1, 0.15) is 23.3 Å². The monoisotopic (exact) mass is 537 g/mol. The SMILES string of the molecule is CC(CS(=O)(=O)NC1=CCN(C(C=O)C2CN(Cc3ccccc3)CCO2)C1=O)c1ccc(Cl)s1. The minimum atomic E-state index is -3.79. The molecule has 11 heteroatoms. The quantitative estimate of drug-likeness (QED) is 0.468. The molecule has 0 radical (unpaired) electrons. The zero-order chi connectivity index (χ0) is 25.0. The number of morpholine rings is 1. The standard InChI is InChI=1S/C24H28ClN3O5S2/c1-17(22-7-8-23(25)34-22)16-35(31,32)26-19-9-10-28(24(19)30)20(15-29)21-14-27(11-12-33-21)13-18-5-3-2-4-6-18/h2-9,15,17,20-21,26H,10-14,16H2,1H3. The molecule has 2 aliphatic heterocycles. The van der Waals surface area contributed by atoms with Crippen LogP contribution in [0.3, 0.4) is 0 Å². The fourth-order valence-corrected chi connectivity index (χ4v) is 7.00. The Kier molecular flexibility index (Phi) is 8.28. The minimum absolute atomic E-state index is 0.0368. The van der Waals surface area contributed by atoms with E-state index in [1.165, 1.54) is 22.3 Å². The molecule has 1 saturated heterocycles. The largest absolute Gasteiger partial charge is 0.373 e. The number of nitrogens with zero attached hydrogens (tertiary/aromatic N) is 2. The van der Waals surface area contributed by atoms with Crippen molar-refractivity contribution in [3.8, 4) is 0 Å². The molecule has 1 fully saturated rings. The van der Waals surface area contributed by atoms with E-state index in [9.17, 15) is 18.0 Å². The van der Waals surface area contributed by atoms with Gasteiger partial charge in [-0.2, -0.15) is 0 Å². The summed E-state index contributed by atoms with van der Waals surface area (Å²) in [5, 5.41) is 0. The van der Waals surface area contributed by atoms with Crippen molar-refractivity contribution in [2.75, 3.05) is 32.0 Å². The molecule has 1 aromatic carbocycles. The molecule has 0 spiro atoms. The molecule has 1 aromatic heterocycles. The maximum atomic E-state index is 13.0. The Bertz CT molecular complexity index is 1180. The molecule has 188 valence electrons. The Morgan fingerprint density at radius 3 is 2.71 bits per heavy atom. The van der Waals surface area contributed by atoms with Gasteiger partial charge in [-0.15, -0.1) is 11.3 Å². The van der Waals surface area contributed by atoms with Crippen molar-refractivity contribution in [3.05, 3.63) is 69.0 Å². The first-order chi connectivity index (χ1) is 16.8. The average molecular weight is 538 g/mol. The molecule has 0 aliphatic carbocycles. The van der Waals surface area contributed by atoms with Gasteiger partial charge in [0.25, 0.3) is 5.91 Å². The molecular weight excluding hydrogens is 510 g/mol. The van der Waals surface area contributed by atoms with Crippen LogP contribution in [0.25, 0.3) is 0 Å². The number of benzene rings is 1. The van der Waals surface area contributed by atoms with Crippen molar-refractivity contribution in [1.29, 1.82) is 0 Å². The van der Waals surface area contributed by atoms with E-state index in [1.54, 1.807) is 19.1 Å². The van der Waals surface area contributed by atoms with Crippen LogP contribution in [0.15, 0.2) is 54.2 Å². The Labute approximate surface area is 214 Å². The van der Waals surface area contributed by atoms with Gasteiger partial charge in [-0.1, -0.05) is 48.9 Å². The molecule has 3 heterocycles. The number of rotatable bonds is 10. The highest BCUT2D eigenvalue weighted by Crippen LogP contribution is 2.29. The lowest BCUT2D eigenvalue weighted by atomic mass is 10.1. The van der Waals surface area contributed by atoms with Crippen LogP contribution in [0, 0.1) is 0 Å². The first-order valence-corrected chi connectivity index (χ1v) is 14.2. The summed E-state index contributed by atoms with van der Waals surface area (Å²) in [6.45, 7) is 4.31. The average Bonchev–Trinajstić information content (AvgIpc) is 3.41. The molecule has 1 N–H and O–H groups in total. The molecule has 0 saturated carbocycles. The fraction of sp³-hybridized carbons (Fsp3) is 0.417. The second-order valence-corrected chi connectivity index (χ2v) is 12.3. The van der Waals surface area contributed by atoms with E-state index in [2.05, 4.69) is 9.62 Å². The summed E-state index contributed by atoms with van der Waals surface area (Å²) in [5.41, 5.74) is 1.12. The van der Waals surface area contributed by atoms with Gasteiger partial charge >= 0.3 is 0 Å². The minimum Gasteiger partial charge on any atom is -0.373 e. The summed E-state index contributed by atoms with van der Waals surface area (Å²) in [7, 11) is -3.79. The van der Waals surface area contributed by atoms with Gasteiger partial charge in [0.2, 0.25) is 10.0 Å². The molecule has 3 unspecified atom stereocenters. The van der Waals surface area contributed by atoms with Crippen LogP contribution < -0.4 is 4.72 Å². The van der Waals surface area contributed by atoms with Crippen LogP contribution in [0.5, 0.6) is 0 Å². The molecule has 2 aromatic rings. The van der Waals surface area contributed by atoms with Gasteiger partial charge in [0.15, 0.2) is 0 Å². The zero-order valence-electron chi connectivity index (χ0n) is 19.3. The molecule has 3 atom stereocenters. The number of carbonyl (C=O) groups excluding carboxylic acids is 2. The second kappa shape index (κ2) is 11.2. The van der Waals surface area contributed by atoms with Gasteiger partial charge in [-0.25, -0.2) is 8.42 Å². The number of hydrogen-bond acceptors (Lipinski definition) is 7. The summed E-state index contributed by atoms with van der Waals surface area (Å²) in [5.74, 6) is -1.00. The predicted octanol–water partition coefficient (Wildman–Crippen LogP) is 2.62. The third kappa shape index (κ3) is 6.50. The third-order valence-corrected chi connectivity index (χ3v) is 9.04. The van der Waals surface area contributed by atoms with Gasteiger partial charge in [0.1, 0.15) is 18.0 Å². The number of amides is 1. The van der Waals surface area contributed by atoms with Crippen molar-refractivity contribution in [1.82, 2.24) is 14.5 Å². The summed E-state index contributed by atoms with van der Waals surface area (Å²) in [4.78, 5) is 29.5. The first kappa shape index (κ1) is 25.8. The van der Waals surface area contributed by atoms with E-state index in [0.29, 0.717) is 23.8 Å². The van der Waals surface area contributed by atoms with Gasteiger partial charge in [-0.05, 0) is 23.8 Å². The lowest BCUT2D eigenvalue weighted by Crippen LogP contribution is -2.55. The van der Waals surface area contributed by atoms with Crippen molar-refractivity contribution in [3.63, 3.8) is 0 Å². The number of aldehydes is 1. The summed E-state index contributed by atoms with van der Waals surface area (Å²) in [6, 6.07) is 12.7. The topological polar surface area (TPSA) is 96.0 Å². The van der Waals surface area contributed by atoms with Crippen molar-refractivity contribution < 1.29 is 22.7 Å². The lowest BCUT2D eigenvalue weighted by molar-refractivity contribution is -0.140. The van der Waals surface area contributed by atoms with Crippen LogP contribution in [0.2, 0.25) is 4.34 Å². The van der Waals surface area contributed by atoms with E-state index >= 15 is 0 Å². The summed E-state index contributed by atoms with van der Waals surface area (Å²) < 4.78 is 34.3. The number of hydrogen-bond donors (Lipinski definition) is 1. The van der Waals surface area contributed by atoms with Crippen molar-refractivity contribution in [2.24, 2.45) is 0 Å². The fourth-order valence-electron chi connectivity index (χ4n) is 4.36. The van der Waals surface area contributed by atoms with Crippen LogP contribution >= 0.6 is 22.9 Å². The maximum Gasteiger partial charge on any atom is 0.271 e. The highest BCUT2D eigenvalue weighted by molar-refractivity contribution is 7.89. The van der Waals surface area contributed by atoms with Gasteiger partial charge in [0.05, 0.1) is 22.8 Å². The smallest absolute Gasteiger partial charge is 0.271 e. The Hall–Kier alpha value is -2.24. The van der Waals surface area contributed by atoms with Crippen LogP contribution in [0.4, 0.5) is 0 Å². The van der Waals surface area contributed by atoms with Gasteiger partial charge in [0, 0.05) is 37.0 Å². The first-order valence-electron chi connectivity index (χ1n) is 11.4. The number of thiophene rings is 1. The molecular formula is C24H28ClN3O5S2. The number of ether oxygens (including phenoxy) is 1. The maximum absolute atomic E-state index is 13.0. The van der Waals surface area contributed by atoms with E-state index in [0.717, 1.165) is 23.5 Å². The molecule has 2 aliphatic rings. The number of halogens is 1. The van der Waals surface area contributed by atoms with Gasteiger partial charge < -0.3 is 14.4 Å². The zero-order valence-corrected chi connectivity index (χ0v) is 21.7. The molecule has 0 bridgehead atoms. The number of nitrogens with one attached hydrogen (secondary N) is 1. The van der Waals surface area contributed by atoms with Gasteiger partial charge in [-0.3, -0.25) is 14.4 Å². The third-order valence-electron chi connectivity index (χ3n) is 6.10. The molecule has 1 amide bonds. The van der Waals surface area contributed by atoms with Crippen LogP contribution in [-0.4, -0.2) is 74.6 Å². The highest BCUT2D eigenvalue weighted by atomic mass is 35.5.